The number of nitrogens with zero attached hydrogens (tertiary/aromatic N) is 3. The Labute approximate surface area is 277 Å². The number of imide groups is 1. The first-order chi connectivity index (χ1) is 21.5. The van der Waals surface area contributed by atoms with Crippen LogP contribution in [0.15, 0.2) is 53.6 Å². The van der Waals surface area contributed by atoms with E-state index in [-0.39, 0.29) is 35.1 Å². The van der Waals surface area contributed by atoms with Gasteiger partial charge in [0.1, 0.15) is 32.8 Å². The minimum absolute atomic E-state index is 0.0430. The van der Waals surface area contributed by atoms with Crippen molar-refractivity contribution in [3.8, 4) is 0 Å². The average Bonchev–Trinajstić information content (AvgIpc) is 3.34. The number of thioether (sulfide) groups is 1. The largest absolute Gasteiger partial charge is 0.443 e. The number of hydrogen-bond acceptors (Lipinski definition) is 8. The smallest absolute Gasteiger partial charge is 0.419 e. The Morgan fingerprint density at radius 2 is 1.59 bits per heavy atom. The third kappa shape index (κ3) is 9.76. The van der Waals surface area contributed by atoms with Crippen molar-refractivity contribution in [2.45, 2.75) is 77.4 Å². The van der Waals surface area contributed by atoms with Gasteiger partial charge in [0.2, 0.25) is 0 Å². The summed E-state index contributed by atoms with van der Waals surface area (Å²) in [6.45, 7) is 12.2. The van der Waals surface area contributed by atoms with Crippen molar-refractivity contribution in [1.29, 1.82) is 0 Å². The summed E-state index contributed by atoms with van der Waals surface area (Å²) < 4.78 is 40.3. The molecular formula is C31H40F2N6O5S2. The molecule has 3 rings (SSSR count). The Morgan fingerprint density at radius 3 is 2.15 bits per heavy atom. The summed E-state index contributed by atoms with van der Waals surface area (Å²) in [5.41, 5.74) is 3.79. The molecule has 2 aromatic carbocycles. The van der Waals surface area contributed by atoms with Crippen LogP contribution >= 0.6 is 24.0 Å². The molecule has 1 atom stereocenters. The Hall–Kier alpha value is -3.98. The molecule has 1 heterocycles. The summed E-state index contributed by atoms with van der Waals surface area (Å²) in [4.78, 5) is 39.5. The molecule has 0 aliphatic carbocycles. The highest BCUT2D eigenvalue weighted by Crippen LogP contribution is 2.50. The second kappa shape index (κ2) is 15.1. The standard InChI is InChI=1S/C31H40F2N6O5S2/c1-8-34-25(45)35-36-26(40)39-31(20-13-10-9-11-14-20,46-24(37-39)22-19-21(32)15-16-23(22)33)17-12-18-38(27(41)43-29(2,3)4)28(42)44-30(5,6)7/h9-11,13-16,19H,8,12,17-18H2,1-7H3,(H,36,40)(H2,34,35,45). The van der Waals surface area contributed by atoms with Crippen molar-refractivity contribution in [2.75, 3.05) is 13.1 Å². The SMILES string of the molecule is CCNC(=S)NNC(=O)N1N=C(c2cc(F)ccc2F)SC1(CCCN(C(=O)OC(C)(C)C)C(=O)OC(C)(C)C)c1ccccc1. The predicted molar refractivity (Wildman–Crippen MR) is 177 cm³/mol. The number of halogens is 2. The highest BCUT2D eigenvalue weighted by Gasteiger charge is 2.49. The van der Waals surface area contributed by atoms with Gasteiger partial charge in [-0.25, -0.2) is 33.5 Å². The first-order valence-electron chi connectivity index (χ1n) is 14.6. The molecule has 0 radical (unpaired) electrons. The van der Waals surface area contributed by atoms with Gasteiger partial charge in [-0.15, -0.1) is 0 Å². The number of carbonyl (C=O) groups excluding carboxylic acids is 3. The van der Waals surface area contributed by atoms with Crippen LogP contribution in [0, 0.1) is 11.6 Å². The lowest BCUT2D eigenvalue weighted by atomic mass is 10.0. The molecule has 15 heteroatoms. The maximum absolute atomic E-state index is 15.0. The third-order valence-electron chi connectivity index (χ3n) is 6.12. The fraction of sp³-hybridized carbons (Fsp3) is 0.452. The first-order valence-corrected chi connectivity index (χ1v) is 15.8. The molecule has 1 aliphatic heterocycles. The van der Waals surface area contributed by atoms with Crippen LogP contribution in [0.4, 0.5) is 23.2 Å². The fourth-order valence-electron chi connectivity index (χ4n) is 4.29. The summed E-state index contributed by atoms with van der Waals surface area (Å²) in [5.74, 6) is -1.42. The van der Waals surface area contributed by atoms with Crippen molar-refractivity contribution >= 4 is 52.4 Å². The highest BCUT2D eigenvalue weighted by atomic mass is 32.2. The van der Waals surface area contributed by atoms with E-state index >= 15 is 4.39 Å². The van der Waals surface area contributed by atoms with E-state index in [9.17, 15) is 18.8 Å². The predicted octanol–water partition coefficient (Wildman–Crippen LogP) is 6.59. The topological polar surface area (TPSA) is 125 Å². The van der Waals surface area contributed by atoms with E-state index in [1.165, 1.54) is 0 Å². The second-order valence-corrected chi connectivity index (χ2v) is 13.9. The lowest BCUT2D eigenvalue weighted by Crippen LogP contribution is -2.54. The zero-order chi connectivity index (χ0) is 34.3. The summed E-state index contributed by atoms with van der Waals surface area (Å²) in [6.07, 6.45) is -1.58. The Kier molecular flexibility index (Phi) is 12.0. The Balaban J connectivity index is 2.03. The van der Waals surface area contributed by atoms with Crippen LogP contribution < -0.4 is 16.2 Å². The lowest BCUT2D eigenvalue weighted by Gasteiger charge is -2.36. The second-order valence-electron chi connectivity index (χ2n) is 12.2. The van der Waals surface area contributed by atoms with Crippen molar-refractivity contribution in [2.24, 2.45) is 5.10 Å². The van der Waals surface area contributed by atoms with Crippen LogP contribution in [0.3, 0.4) is 0 Å². The fourth-order valence-corrected chi connectivity index (χ4v) is 5.91. The van der Waals surface area contributed by atoms with Crippen molar-refractivity contribution in [3.05, 3.63) is 71.3 Å². The molecule has 3 N–H and O–H groups in total. The molecule has 0 fully saturated rings. The zero-order valence-corrected chi connectivity index (χ0v) is 28.5. The summed E-state index contributed by atoms with van der Waals surface area (Å²) in [7, 11) is 0. The minimum atomic E-state index is -1.34. The van der Waals surface area contributed by atoms with E-state index in [0.717, 1.165) is 39.9 Å². The van der Waals surface area contributed by atoms with E-state index in [1.54, 1.807) is 71.9 Å². The summed E-state index contributed by atoms with van der Waals surface area (Å²) in [5, 5.41) is 8.65. The number of rotatable bonds is 7. The molecule has 0 saturated heterocycles. The number of amides is 4. The molecule has 250 valence electrons. The van der Waals surface area contributed by atoms with Gasteiger partial charge in [0.15, 0.2) is 5.11 Å². The zero-order valence-electron chi connectivity index (χ0n) is 26.9. The minimum Gasteiger partial charge on any atom is -0.443 e. The van der Waals surface area contributed by atoms with Crippen LogP contribution in [0.25, 0.3) is 0 Å². The molecular weight excluding hydrogens is 639 g/mol. The Bertz CT molecular complexity index is 1440. The van der Waals surface area contributed by atoms with E-state index in [0.29, 0.717) is 12.1 Å². The van der Waals surface area contributed by atoms with Gasteiger partial charge in [0.05, 0.1) is 0 Å². The number of urea groups is 1. The van der Waals surface area contributed by atoms with Crippen molar-refractivity contribution in [3.63, 3.8) is 0 Å². The van der Waals surface area contributed by atoms with Gasteiger partial charge >= 0.3 is 18.2 Å². The van der Waals surface area contributed by atoms with E-state index in [1.807, 2.05) is 6.92 Å². The number of ether oxygens (including phenoxy) is 2. The number of hydrazine groups is 1. The molecule has 1 unspecified atom stereocenters. The maximum atomic E-state index is 15.0. The average molecular weight is 679 g/mol. The van der Waals surface area contributed by atoms with Gasteiger partial charge in [-0.05, 0) is 97.3 Å². The van der Waals surface area contributed by atoms with Gasteiger partial charge in [-0.3, -0.25) is 5.43 Å². The molecule has 0 saturated carbocycles. The quantitative estimate of drug-likeness (QED) is 0.220. The van der Waals surface area contributed by atoms with Gasteiger partial charge in [0.25, 0.3) is 0 Å². The number of carbonyl (C=O) groups is 3. The summed E-state index contributed by atoms with van der Waals surface area (Å²) >= 11 is 6.21. The molecule has 46 heavy (non-hydrogen) atoms. The molecule has 11 nitrogen and oxygen atoms in total. The molecule has 2 aromatic rings. The molecule has 0 aromatic heterocycles. The molecule has 1 aliphatic rings. The van der Waals surface area contributed by atoms with Crippen molar-refractivity contribution in [1.82, 2.24) is 26.1 Å². The number of hydrogen-bond donors (Lipinski definition) is 3. The van der Waals surface area contributed by atoms with Crippen LogP contribution in [0.5, 0.6) is 0 Å². The van der Waals surface area contributed by atoms with Crippen LogP contribution in [0.2, 0.25) is 0 Å². The number of thiocarbonyl (C=S) groups is 1. The summed E-state index contributed by atoms with van der Waals surface area (Å²) in [6, 6.07) is 11.1. The van der Waals surface area contributed by atoms with Gasteiger partial charge in [0, 0.05) is 18.7 Å². The van der Waals surface area contributed by atoms with E-state index < -0.39 is 45.9 Å². The number of benzene rings is 2. The number of nitrogens with one attached hydrogen (secondary N) is 3. The van der Waals surface area contributed by atoms with Crippen LogP contribution in [-0.2, 0) is 14.3 Å². The lowest BCUT2D eigenvalue weighted by molar-refractivity contribution is 0.000737. The van der Waals surface area contributed by atoms with Crippen LogP contribution in [-0.4, -0.2) is 62.6 Å². The highest BCUT2D eigenvalue weighted by molar-refractivity contribution is 8.15. The Morgan fingerprint density at radius 1 is 0.978 bits per heavy atom. The van der Waals surface area contributed by atoms with Crippen molar-refractivity contribution < 1.29 is 32.6 Å². The van der Waals surface area contributed by atoms with Gasteiger partial charge < -0.3 is 14.8 Å². The van der Waals surface area contributed by atoms with E-state index in [4.69, 9.17) is 21.7 Å². The maximum Gasteiger partial charge on any atom is 0.419 e. The first kappa shape index (κ1) is 36.5. The molecule has 0 bridgehead atoms. The number of hydrazone groups is 1. The van der Waals surface area contributed by atoms with E-state index in [2.05, 4.69) is 21.3 Å². The third-order valence-corrected chi connectivity index (χ3v) is 7.81. The molecule has 4 amide bonds. The monoisotopic (exact) mass is 678 g/mol. The van der Waals surface area contributed by atoms with Crippen LogP contribution in [0.1, 0.15) is 72.4 Å². The normalized spacial score (nSPS) is 16.3. The van der Waals surface area contributed by atoms with Gasteiger partial charge in [-0.1, -0.05) is 42.1 Å². The van der Waals surface area contributed by atoms with Gasteiger partial charge in [-0.2, -0.15) is 10.1 Å². The molecule has 0 spiro atoms.